The van der Waals surface area contributed by atoms with E-state index >= 15 is 0 Å². The first kappa shape index (κ1) is 16.4. The number of hydrogen-bond donors (Lipinski definition) is 2. The van der Waals surface area contributed by atoms with Gasteiger partial charge in [-0.15, -0.1) is 11.8 Å². The molecule has 19 heavy (non-hydrogen) atoms. The molecule has 1 aromatic rings. The maximum Gasteiger partial charge on any atom is 0.137 e. The Bertz CT molecular complexity index is 376. The van der Waals surface area contributed by atoms with Gasteiger partial charge in [0, 0.05) is 37.5 Å². The van der Waals surface area contributed by atoms with Crippen molar-refractivity contribution in [3.63, 3.8) is 0 Å². The topological polar surface area (TPSA) is 41.5 Å². The zero-order valence-corrected chi connectivity index (χ0v) is 12.3. The van der Waals surface area contributed by atoms with Crippen LogP contribution in [0.1, 0.15) is 12.5 Å². The van der Waals surface area contributed by atoms with Crippen LogP contribution < -0.4 is 5.32 Å². The van der Waals surface area contributed by atoms with Gasteiger partial charge in [-0.3, -0.25) is 0 Å². The average molecular weight is 287 g/mol. The van der Waals surface area contributed by atoms with E-state index in [1.807, 2.05) is 13.0 Å². The molecule has 0 aromatic heterocycles. The van der Waals surface area contributed by atoms with Crippen LogP contribution in [0.15, 0.2) is 23.1 Å². The van der Waals surface area contributed by atoms with E-state index in [1.165, 1.54) is 11.8 Å². The second-order valence-electron chi connectivity index (χ2n) is 4.53. The summed E-state index contributed by atoms with van der Waals surface area (Å²) < 4.78 is 18.8. The number of ether oxygens (including phenoxy) is 1. The minimum Gasteiger partial charge on any atom is -0.396 e. The van der Waals surface area contributed by atoms with Gasteiger partial charge in [-0.1, -0.05) is 13.0 Å². The molecule has 0 aliphatic heterocycles. The van der Waals surface area contributed by atoms with Gasteiger partial charge in [0.25, 0.3) is 0 Å². The van der Waals surface area contributed by atoms with E-state index in [-0.39, 0.29) is 18.3 Å². The van der Waals surface area contributed by atoms with Gasteiger partial charge in [0.2, 0.25) is 0 Å². The Kier molecular flexibility index (Phi) is 8.05. The second kappa shape index (κ2) is 9.31. The van der Waals surface area contributed by atoms with E-state index < -0.39 is 0 Å². The van der Waals surface area contributed by atoms with Crippen molar-refractivity contribution in [1.29, 1.82) is 0 Å². The summed E-state index contributed by atoms with van der Waals surface area (Å²) >= 11 is 1.44. The maximum absolute atomic E-state index is 13.8. The zero-order valence-electron chi connectivity index (χ0n) is 11.5. The monoisotopic (exact) mass is 287 g/mol. The molecule has 0 radical (unpaired) electrons. The third-order valence-electron chi connectivity index (χ3n) is 2.64. The van der Waals surface area contributed by atoms with Crippen molar-refractivity contribution in [2.75, 3.05) is 32.6 Å². The normalized spacial score (nSPS) is 12.6. The molecular formula is C14H22FNO2S. The molecule has 0 bridgehead atoms. The Hall–Kier alpha value is -0.620. The highest BCUT2D eigenvalue weighted by atomic mass is 32.2. The average Bonchev–Trinajstić information content (AvgIpc) is 2.42. The molecular weight excluding hydrogens is 265 g/mol. The number of benzene rings is 1. The molecule has 3 nitrogen and oxygen atoms in total. The quantitative estimate of drug-likeness (QED) is 0.540. The smallest absolute Gasteiger partial charge is 0.137 e. The van der Waals surface area contributed by atoms with Gasteiger partial charge in [0.1, 0.15) is 5.82 Å². The third-order valence-corrected chi connectivity index (χ3v) is 4.02. The van der Waals surface area contributed by atoms with Crippen molar-refractivity contribution in [2.45, 2.75) is 18.4 Å². The van der Waals surface area contributed by atoms with Gasteiger partial charge in [-0.25, -0.2) is 4.39 Å². The number of halogens is 1. The van der Waals surface area contributed by atoms with Crippen molar-refractivity contribution >= 4 is 11.8 Å². The predicted molar refractivity (Wildman–Crippen MR) is 77.0 cm³/mol. The number of aliphatic hydroxyl groups is 1. The van der Waals surface area contributed by atoms with E-state index in [0.29, 0.717) is 18.0 Å². The summed E-state index contributed by atoms with van der Waals surface area (Å²) in [6.07, 6.45) is 0. The summed E-state index contributed by atoms with van der Waals surface area (Å²) in [7, 11) is 1.65. The standard InChI is InChI=1S/C14H22FNO2S/c1-11(9-17)10-19-14-4-3-12(7-13(14)15)8-16-5-6-18-2/h3-4,7,11,16-17H,5-6,8-10H2,1-2H3. The fourth-order valence-electron chi connectivity index (χ4n) is 1.46. The van der Waals surface area contributed by atoms with Crippen LogP contribution in [-0.4, -0.2) is 37.7 Å². The number of nitrogens with one attached hydrogen (secondary N) is 1. The first-order valence-electron chi connectivity index (χ1n) is 6.39. The van der Waals surface area contributed by atoms with Gasteiger partial charge >= 0.3 is 0 Å². The number of thioether (sulfide) groups is 1. The van der Waals surface area contributed by atoms with Crippen LogP contribution in [0.4, 0.5) is 4.39 Å². The Balaban J connectivity index is 2.45. The first-order chi connectivity index (χ1) is 9.17. The number of hydrogen-bond acceptors (Lipinski definition) is 4. The van der Waals surface area contributed by atoms with Crippen LogP contribution in [-0.2, 0) is 11.3 Å². The highest BCUT2D eigenvalue weighted by molar-refractivity contribution is 7.99. The summed E-state index contributed by atoms with van der Waals surface area (Å²) in [5, 5.41) is 12.1. The lowest BCUT2D eigenvalue weighted by Crippen LogP contribution is -2.18. The molecule has 0 saturated carbocycles. The van der Waals surface area contributed by atoms with Crippen molar-refractivity contribution in [3.05, 3.63) is 29.6 Å². The molecule has 0 fully saturated rings. The summed E-state index contributed by atoms with van der Waals surface area (Å²) in [6.45, 7) is 4.12. The van der Waals surface area contributed by atoms with Crippen LogP contribution in [0.5, 0.6) is 0 Å². The number of methoxy groups -OCH3 is 1. The molecule has 2 N–H and O–H groups in total. The molecule has 0 spiro atoms. The molecule has 1 unspecified atom stereocenters. The molecule has 1 aromatic carbocycles. The van der Waals surface area contributed by atoms with Crippen molar-refractivity contribution < 1.29 is 14.2 Å². The molecule has 0 aliphatic rings. The van der Waals surface area contributed by atoms with Crippen molar-refractivity contribution in [1.82, 2.24) is 5.32 Å². The van der Waals surface area contributed by atoms with Gasteiger partial charge in [-0.2, -0.15) is 0 Å². The fraction of sp³-hybridized carbons (Fsp3) is 0.571. The van der Waals surface area contributed by atoms with E-state index in [4.69, 9.17) is 9.84 Å². The molecule has 0 amide bonds. The molecule has 0 saturated heterocycles. The Labute approximate surface area is 118 Å². The van der Waals surface area contributed by atoms with Gasteiger partial charge < -0.3 is 15.2 Å². The molecule has 1 rings (SSSR count). The summed E-state index contributed by atoms with van der Waals surface area (Å²) in [6, 6.07) is 5.29. The number of aliphatic hydroxyl groups excluding tert-OH is 1. The van der Waals surface area contributed by atoms with Gasteiger partial charge in [0.15, 0.2) is 0 Å². The minimum atomic E-state index is -0.193. The van der Waals surface area contributed by atoms with Crippen molar-refractivity contribution in [2.24, 2.45) is 5.92 Å². The fourth-order valence-corrected chi connectivity index (χ4v) is 2.39. The third kappa shape index (κ3) is 6.38. The molecule has 0 aliphatic carbocycles. The van der Waals surface area contributed by atoms with E-state index in [2.05, 4.69) is 5.32 Å². The highest BCUT2D eigenvalue weighted by Gasteiger charge is 2.07. The van der Waals surface area contributed by atoms with Gasteiger partial charge in [-0.05, 0) is 23.6 Å². The van der Waals surface area contributed by atoms with Crippen LogP contribution >= 0.6 is 11.8 Å². The Morgan fingerprint density at radius 1 is 1.47 bits per heavy atom. The van der Waals surface area contributed by atoms with E-state index in [0.717, 1.165) is 17.9 Å². The maximum atomic E-state index is 13.8. The first-order valence-corrected chi connectivity index (χ1v) is 7.37. The number of rotatable bonds is 9. The summed E-state index contributed by atoms with van der Waals surface area (Å²) in [5.41, 5.74) is 0.924. The molecule has 0 heterocycles. The second-order valence-corrected chi connectivity index (χ2v) is 5.59. The van der Waals surface area contributed by atoms with Gasteiger partial charge in [0.05, 0.1) is 6.61 Å². The molecule has 108 valence electrons. The minimum absolute atomic E-state index is 0.135. The van der Waals surface area contributed by atoms with Crippen LogP contribution in [0.3, 0.4) is 0 Å². The largest absolute Gasteiger partial charge is 0.396 e. The van der Waals surface area contributed by atoms with E-state index in [9.17, 15) is 4.39 Å². The van der Waals surface area contributed by atoms with Crippen LogP contribution in [0, 0.1) is 11.7 Å². The highest BCUT2D eigenvalue weighted by Crippen LogP contribution is 2.24. The summed E-state index contributed by atoms with van der Waals surface area (Å²) in [5.74, 6) is 0.708. The van der Waals surface area contributed by atoms with Crippen LogP contribution in [0.25, 0.3) is 0 Å². The van der Waals surface area contributed by atoms with Crippen LogP contribution in [0.2, 0.25) is 0 Å². The summed E-state index contributed by atoms with van der Waals surface area (Å²) in [4.78, 5) is 0.640. The van der Waals surface area contributed by atoms with E-state index in [1.54, 1.807) is 19.2 Å². The predicted octanol–water partition coefficient (Wildman–Crippen LogP) is 2.28. The molecule has 1 atom stereocenters. The molecule has 5 heteroatoms. The van der Waals surface area contributed by atoms with Crippen molar-refractivity contribution in [3.8, 4) is 0 Å². The zero-order chi connectivity index (χ0) is 14.1. The Morgan fingerprint density at radius 2 is 2.26 bits per heavy atom. The SMILES string of the molecule is COCCNCc1ccc(SCC(C)CO)c(F)c1. The Morgan fingerprint density at radius 3 is 2.89 bits per heavy atom. The lowest BCUT2D eigenvalue weighted by Gasteiger charge is -2.09. The lowest BCUT2D eigenvalue weighted by atomic mass is 10.2. The lowest BCUT2D eigenvalue weighted by molar-refractivity contribution is 0.199.